The van der Waals surface area contributed by atoms with E-state index in [1.165, 1.54) is 0 Å². The molecule has 0 aromatic heterocycles. The molecule has 0 bridgehead atoms. The monoisotopic (exact) mass is 294 g/mol. The van der Waals surface area contributed by atoms with Gasteiger partial charge >= 0.3 is 0 Å². The van der Waals surface area contributed by atoms with Gasteiger partial charge in [0.15, 0.2) is 0 Å². The smallest absolute Gasteiger partial charge is 0.206 e. The fraction of sp³-hybridized carbons (Fsp3) is 0.375. The van der Waals surface area contributed by atoms with Crippen LogP contribution in [0.5, 0.6) is 0 Å². The van der Waals surface area contributed by atoms with E-state index >= 15 is 0 Å². The first-order valence-electron chi connectivity index (χ1n) is 6.78. The highest BCUT2D eigenvalue weighted by Crippen LogP contribution is 2.21. The molecule has 0 atom stereocenters. The van der Waals surface area contributed by atoms with Crippen molar-refractivity contribution in [3.63, 3.8) is 0 Å². The van der Waals surface area contributed by atoms with Crippen molar-refractivity contribution in [2.75, 3.05) is 13.7 Å². The van der Waals surface area contributed by atoms with Crippen LogP contribution in [0.15, 0.2) is 58.4 Å². The van der Waals surface area contributed by atoms with Crippen molar-refractivity contribution in [1.82, 2.24) is 0 Å². The molecule has 3 nitrogen and oxygen atoms in total. The molecule has 0 aliphatic rings. The Labute approximate surface area is 121 Å². The third-order valence-electron chi connectivity index (χ3n) is 2.81. The molecule has 0 saturated heterocycles. The predicted octanol–water partition coefficient (Wildman–Crippen LogP) is 3.74. The number of benzene rings is 1. The van der Waals surface area contributed by atoms with Gasteiger partial charge in [0.05, 0.1) is 16.4 Å². The molecule has 1 aromatic carbocycles. The third kappa shape index (κ3) is 4.94. The number of ether oxygens (including phenoxy) is 1. The Bertz CT molecular complexity index is 542. The fourth-order valence-electron chi connectivity index (χ4n) is 1.71. The number of sulfone groups is 1. The molecule has 1 aromatic rings. The summed E-state index contributed by atoms with van der Waals surface area (Å²) in [6.07, 6.45) is 7.91. The molecule has 0 amide bonds. The topological polar surface area (TPSA) is 43.4 Å². The molecule has 0 spiro atoms. The number of rotatable bonds is 8. The summed E-state index contributed by atoms with van der Waals surface area (Å²) >= 11 is 0. The van der Waals surface area contributed by atoms with E-state index in [9.17, 15) is 8.42 Å². The van der Waals surface area contributed by atoms with Crippen molar-refractivity contribution in [2.24, 2.45) is 0 Å². The van der Waals surface area contributed by atoms with Crippen LogP contribution in [0.3, 0.4) is 0 Å². The van der Waals surface area contributed by atoms with Gasteiger partial charge in [0.2, 0.25) is 9.84 Å². The maximum absolute atomic E-state index is 12.6. The Morgan fingerprint density at radius 3 is 2.55 bits per heavy atom. The standard InChI is InChI=1S/C16H22O3S/c1-3-4-6-10-16(13-9-14-19-2)20(17,18)15-11-7-5-8-12-15/h5,7-13H,3-4,6,14H2,1-2H3/b13-9+,16-10-. The largest absolute Gasteiger partial charge is 0.381 e. The van der Waals surface area contributed by atoms with Gasteiger partial charge in [0.1, 0.15) is 0 Å². The van der Waals surface area contributed by atoms with Gasteiger partial charge in [-0.2, -0.15) is 0 Å². The molecule has 1 rings (SSSR count). The Balaban J connectivity index is 3.06. The highest BCUT2D eigenvalue weighted by molar-refractivity contribution is 7.95. The highest BCUT2D eigenvalue weighted by atomic mass is 32.2. The van der Waals surface area contributed by atoms with Gasteiger partial charge < -0.3 is 4.74 Å². The van der Waals surface area contributed by atoms with Crippen LogP contribution in [0.25, 0.3) is 0 Å². The minimum Gasteiger partial charge on any atom is -0.381 e. The second-order valence-corrected chi connectivity index (χ2v) is 6.37. The first-order valence-corrected chi connectivity index (χ1v) is 8.27. The molecule has 4 heteroatoms. The molecule has 0 aliphatic heterocycles. The van der Waals surface area contributed by atoms with Gasteiger partial charge in [-0.25, -0.2) is 8.42 Å². The number of unbranched alkanes of at least 4 members (excludes halogenated alkanes) is 2. The van der Waals surface area contributed by atoms with Crippen molar-refractivity contribution in [3.05, 3.63) is 53.5 Å². The van der Waals surface area contributed by atoms with Crippen LogP contribution in [-0.2, 0) is 14.6 Å². The van der Waals surface area contributed by atoms with Crippen LogP contribution < -0.4 is 0 Å². The molecule has 110 valence electrons. The summed E-state index contributed by atoms with van der Waals surface area (Å²) in [5.74, 6) is 0. The normalized spacial score (nSPS) is 13.0. The summed E-state index contributed by atoms with van der Waals surface area (Å²) in [4.78, 5) is 0.666. The van der Waals surface area contributed by atoms with Crippen molar-refractivity contribution >= 4 is 9.84 Å². The summed E-state index contributed by atoms with van der Waals surface area (Å²) in [7, 11) is -1.86. The molecule has 0 N–H and O–H groups in total. The van der Waals surface area contributed by atoms with Crippen LogP contribution in [0.2, 0.25) is 0 Å². The summed E-state index contributed by atoms with van der Waals surface area (Å²) in [6, 6.07) is 8.51. The Morgan fingerprint density at radius 1 is 1.25 bits per heavy atom. The highest BCUT2D eigenvalue weighted by Gasteiger charge is 2.17. The van der Waals surface area contributed by atoms with Crippen LogP contribution in [0.1, 0.15) is 26.2 Å². The van der Waals surface area contributed by atoms with Gasteiger partial charge in [-0.05, 0) is 24.6 Å². The maximum atomic E-state index is 12.6. The first kappa shape index (κ1) is 16.7. The van der Waals surface area contributed by atoms with Gasteiger partial charge in [-0.1, -0.05) is 50.1 Å². The first-order chi connectivity index (χ1) is 9.62. The number of hydrogen-bond acceptors (Lipinski definition) is 3. The van der Waals surface area contributed by atoms with Gasteiger partial charge in [-0.15, -0.1) is 0 Å². The zero-order chi connectivity index (χ0) is 14.8. The number of methoxy groups -OCH3 is 1. The summed E-state index contributed by atoms with van der Waals surface area (Å²) in [5, 5.41) is 0. The zero-order valence-corrected chi connectivity index (χ0v) is 12.9. The van der Waals surface area contributed by atoms with Gasteiger partial charge in [0, 0.05) is 7.11 Å². The minimum atomic E-state index is -3.44. The van der Waals surface area contributed by atoms with Crippen molar-refractivity contribution in [3.8, 4) is 0 Å². The van der Waals surface area contributed by atoms with E-state index in [2.05, 4.69) is 6.92 Å². The SMILES string of the molecule is CCCC/C=C(/C=C/COC)S(=O)(=O)c1ccccc1. The molecular formula is C16H22O3S. The van der Waals surface area contributed by atoms with Crippen molar-refractivity contribution < 1.29 is 13.2 Å². The van der Waals surface area contributed by atoms with Gasteiger partial charge in [-0.3, -0.25) is 0 Å². The molecule has 0 radical (unpaired) electrons. The van der Waals surface area contributed by atoms with Crippen LogP contribution in [0.4, 0.5) is 0 Å². The molecule has 0 fully saturated rings. The van der Waals surface area contributed by atoms with Crippen LogP contribution in [-0.4, -0.2) is 22.1 Å². The quantitative estimate of drug-likeness (QED) is 0.542. The second kappa shape index (κ2) is 8.72. The Morgan fingerprint density at radius 2 is 1.95 bits per heavy atom. The van der Waals surface area contributed by atoms with Gasteiger partial charge in [0.25, 0.3) is 0 Å². The van der Waals surface area contributed by atoms with E-state index in [1.54, 1.807) is 55.7 Å². The maximum Gasteiger partial charge on any atom is 0.206 e. The van der Waals surface area contributed by atoms with E-state index < -0.39 is 9.84 Å². The lowest BCUT2D eigenvalue weighted by Gasteiger charge is -2.06. The van der Waals surface area contributed by atoms with E-state index in [0.29, 0.717) is 16.4 Å². The predicted molar refractivity (Wildman–Crippen MR) is 82.3 cm³/mol. The number of hydrogen-bond donors (Lipinski definition) is 0. The molecular weight excluding hydrogens is 272 g/mol. The molecule has 20 heavy (non-hydrogen) atoms. The fourth-order valence-corrected chi connectivity index (χ4v) is 3.11. The lowest BCUT2D eigenvalue weighted by molar-refractivity contribution is 0.234. The molecule has 0 unspecified atom stereocenters. The summed E-state index contributed by atoms with van der Waals surface area (Å²) < 4.78 is 30.0. The average Bonchev–Trinajstić information content (AvgIpc) is 2.47. The molecule has 0 aliphatic carbocycles. The van der Waals surface area contributed by atoms with Crippen molar-refractivity contribution in [2.45, 2.75) is 31.1 Å². The summed E-state index contributed by atoms with van der Waals surface area (Å²) in [5.41, 5.74) is 0. The lowest BCUT2D eigenvalue weighted by Crippen LogP contribution is -2.03. The van der Waals surface area contributed by atoms with E-state index in [4.69, 9.17) is 4.74 Å². The van der Waals surface area contributed by atoms with E-state index in [0.717, 1.165) is 19.3 Å². The van der Waals surface area contributed by atoms with E-state index in [-0.39, 0.29) is 0 Å². The average molecular weight is 294 g/mol. The number of allylic oxidation sites excluding steroid dienone is 2. The summed E-state index contributed by atoms with van der Waals surface area (Å²) in [6.45, 7) is 2.48. The molecule has 0 saturated carbocycles. The molecule has 0 heterocycles. The zero-order valence-electron chi connectivity index (χ0n) is 12.1. The van der Waals surface area contributed by atoms with Crippen LogP contribution in [0, 0.1) is 0 Å². The third-order valence-corrected chi connectivity index (χ3v) is 4.63. The minimum absolute atomic E-state index is 0.324. The van der Waals surface area contributed by atoms with E-state index in [1.807, 2.05) is 0 Å². The Kier molecular flexibility index (Phi) is 7.26. The van der Waals surface area contributed by atoms with Crippen LogP contribution >= 0.6 is 0 Å². The second-order valence-electron chi connectivity index (χ2n) is 4.42. The lowest BCUT2D eigenvalue weighted by atomic mass is 10.2. The Hall–Kier alpha value is -1.39. The van der Waals surface area contributed by atoms with Crippen molar-refractivity contribution in [1.29, 1.82) is 0 Å².